The molecule has 0 saturated carbocycles. The van der Waals surface area contributed by atoms with E-state index in [-0.39, 0.29) is 25.0 Å². The van der Waals surface area contributed by atoms with E-state index in [0.29, 0.717) is 6.61 Å². The van der Waals surface area contributed by atoms with Gasteiger partial charge in [0.2, 0.25) is 5.82 Å². The van der Waals surface area contributed by atoms with Gasteiger partial charge in [-0.1, -0.05) is 12.1 Å². The summed E-state index contributed by atoms with van der Waals surface area (Å²) in [6.07, 6.45) is 0.153. The van der Waals surface area contributed by atoms with Crippen LogP contribution < -0.4 is 0 Å². The van der Waals surface area contributed by atoms with E-state index in [0.717, 1.165) is 6.07 Å². The van der Waals surface area contributed by atoms with Crippen LogP contribution in [0.5, 0.6) is 0 Å². The number of aliphatic carboxylic acids is 1. The first-order valence-electron chi connectivity index (χ1n) is 5.69. The standard InChI is InChI=1S/C12H12FNO5/c13-10-8(2-1-3-9(10)14(17)18)6-12(11(15)16)4-5-19-7-12/h1-3H,4-7H2,(H,15,16). The van der Waals surface area contributed by atoms with Crippen LogP contribution in [-0.2, 0) is 16.0 Å². The molecule has 1 heterocycles. The van der Waals surface area contributed by atoms with Crippen molar-refractivity contribution in [1.82, 2.24) is 0 Å². The lowest BCUT2D eigenvalue weighted by Gasteiger charge is -2.22. The highest BCUT2D eigenvalue weighted by molar-refractivity contribution is 5.75. The number of nitro benzene ring substituents is 1. The van der Waals surface area contributed by atoms with Crippen molar-refractivity contribution in [2.75, 3.05) is 13.2 Å². The van der Waals surface area contributed by atoms with Gasteiger partial charge in [0.15, 0.2) is 0 Å². The van der Waals surface area contributed by atoms with Crippen molar-refractivity contribution in [3.05, 3.63) is 39.7 Å². The predicted octanol–water partition coefficient (Wildman–Crippen LogP) is 1.77. The Bertz CT molecular complexity index is 525. The fourth-order valence-corrected chi connectivity index (χ4v) is 2.20. The van der Waals surface area contributed by atoms with Crippen LogP contribution >= 0.6 is 0 Å². The molecule has 0 spiro atoms. The molecular formula is C12H12FNO5. The lowest BCUT2D eigenvalue weighted by Crippen LogP contribution is -2.34. The summed E-state index contributed by atoms with van der Waals surface area (Å²) < 4.78 is 19.0. The molecule has 1 unspecified atom stereocenters. The van der Waals surface area contributed by atoms with Crippen LogP contribution in [0.25, 0.3) is 0 Å². The second-order valence-corrected chi connectivity index (χ2v) is 4.57. The highest BCUT2D eigenvalue weighted by Crippen LogP contribution is 2.35. The number of carboxylic acids is 1. The number of ether oxygens (including phenoxy) is 1. The molecule has 6 nitrogen and oxygen atoms in total. The number of benzene rings is 1. The van der Waals surface area contributed by atoms with E-state index in [1.54, 1.807) is 0 Å². The van der Waals surface area contributed by atoms with Gasteiger partial charge in [-0.05, 0) is 18.4 Å². The van der Waals surface area contributed by atoms with E-state index in [2.05, 4.69) is 0 Å². The van der Waals surface area contributed by atoms with Gasteiger partial charge in [0.1, 0.15) is 0 Å². The van der Waals surface area contributed by atoms with E-state index in [1.165, 1.54) is 12.1 Å². The first kappa shape index (κ1) is 13.4. The smallest absolute Gasteiger partial charge is 0.312 e. The third-order valence-electron chi connectivity index (χ3n) is 3.34. The van der Waals surface area contributed by atoms with Crippen LogP contribution in [0, 0.1) is 21.3 Å². The summed E-state index contributed by atoms with van der Waals surface area (Å²) in [6, 6.07) is 3.77. The molecule has 1 aromatic rings. The minimum Gasteiger partial charge on any atom is -0.481 e. The zero-order valence-electron chi connectivity index (χ0n) is 9.97. The van der Waals surface area contributed by atoms with E-state index >= 15 is 0 Å². The van der Waals surface area contributed by atoms with Gasteiger partial charge in [0.25, 0.3) is 0 Å². The Labute approximate surface area is 108 Å². The quantitative estimate of drug-likeness (QED) is 0.664. The topological polar surface area (TPSA) is 89.7 Å². The minimum atomic E-state index is -1.20. The van der Waals surface area contributed by atoms with Crippen LogP contribution in [-0.4, -0.2) is 29.2 Å². The molecule has 19 heavy (non-hydrogen) atoms. The molecule has 0 aromatic heterocycles. The van der Waals surface area contributed by atoms with Gasteiger partial charge in [0.05, 0.1) is 16.9 Å². The third-order valence-corrected chi connectivity index (χ3v) is 3.34. The molecule has 0 radical (unpaired) electrons. The van der Waals surface area contributed by atoms with E-state index < -0.39 is 27.8 Å². The van der Waals surface area contributed by atoms with Gasteiger partial charge in [-0.2, -0.15) is 4.39 Å². The lowest BCUT2D eigenvalue weighted by molar-refractivity contribution is -0.387. The Balaban J connectivity index is 2.35. The average Bonchev–Trinajstić information content (AvgIpc) is 2.81. The number of carboxylic acid groups (broad SMARTS) is 1. The van der Waals surface area contributed by atoms with E-state index in [4.69, 9.17) is 4.74 Å². The maximum Gasteiger partial charge on any atom is 0.312 e. The second kappa shape index (κ2) is 4.93. The molecule has 1 atom stereocenters. The van der Waals surface area contributed by atoms with Crippen molar-refractivity contribution in [3.63, 3.8) is 0 Å². The maximum atomic E-state index is 13.9. The van der Waals surface area contributed by atoms with Crippen molar-refractivity contribution in [1.29, 1.82) is 0 Å². The molecule has 2 rings (SSSR count). The third kappa shape index (κ3) is 2.41. The average molecular weight is 269 g/mol. The van der Waals surface area contributed by atoms with Crippen molar-refractivity contribution in [2.24, 2.45) is 5.41 Å². The number of hydrogen-bond donors (Lipinski definition) is 1. The fourth-order valence-electron chi connectivity index (χ4n) is 2.20. The van der Waals surface area contributed by atoms with Crippen LogP contribution in [0.3, 0.4) is 0 Å². The van der Waals surface area contributed by atoms with Gasteiger partial charge >= 0.3 is 11.7 Å². The summed E-state index contributed by atoms with van der Waals surface area (Å²) in [6.45, 7) is 0.285. The number of nitro groups is 1. The van der Waals surface area contributed by atoms with Crippen LogP contribution in [0.4, 0.5) is 10.1 Å². The predicted molar refractivity (Wildman–Crippen MR) is 62.3 cm³/mol. The highest BCUT2D eigenvalue weighted by Gasteiger charge is 2.43. The molecule has 1 aliphatic rings. The molecule has 1 aromatic carbocycles. The summed E-state index contributed by atoms with van der Waals surface area (Å²) in [5.74, 6) is -2.05. The molecule has 0 bridgehead atoms. The molecule has 7 heteroatoms. The lowest BCUT2D eigenvalue weighted by atomic mass is 9.81. The summed E-state index contributed by atoms with van der Waals surface area (Å²) in [7, 11) is 0. The molecule has 0 aliphatic carbocycles. The molecule has 1 saturated heterocycles. The largest absolute Gasteiger partial charge is 0.481 e. The number of rotatable bonds is 4. The molecule has 1 N–H and O–H groups in total. The SMILES string of the molecule is O=C(O)C1(Cc2cccc([N+](=O)[O-])c2F)CCOC1. The van der Waals surface area contributed by atoms with Gasteiger partial charge in [-0.15, -0.1) is 0 Å². The Kier molecular flexibility index (Phi) is 3.48. The minimum absolute atomic E-state index is 0.00946. The van der Waals surface area contributed by atoms with Crippen molar-refractivity contribution < 1.29 is 24.0 Å². The molecule has 1 fully saturated rings. The van der Waals surface area contributed by atoms with Gasteiger partial charge in [-0.3, -0.25) is 14.9 Å². The van der Waals surface area contributed by atoms with E-state index in [1.807, 2.05) is 0 Å². The van der Waals surface area contributed by atoms with Crippen LogP contribution in [0.1, 0.15) is 12.0 Å². The van der Waals surface area contributed by atoms with Gasteiger partial charge < -0.3 is 9.84 Å². The van der Waals surface area contributed by atoms with Crippen molar-refractivity contribution in [2.45, 2.75) is 12.8 Å². The Morgan fingerprint density at radius 2 is 2.32 bits per heavy atom. The molecule has 1 aliphatic heterocycles. The molecule has 102 valence electrons. The van der Waals surface area contributed by atoms with Crippen LogP contribution in [0.2, 0.25) is 0 Å². The second-order valence-electron chi connectivity index (χ2n) is 4.57. The summed E-state index contributed by atoms with van der Waals surface area (Å²) in [5.41, 5.74) is -1.81. The normalized spacial score (nSPS) is 22.4. The summed E-state index contributed by atoms with van der Waals surface area (Å²) in [4.78, 5) is 21.1. The Morgan fingerprint density at radius 3 is 2.84 bits per heavy atom. The van der Waals surface area contributed by atoms with Gasteiger partial charge in [0, 0.05) is 12.7 Å². The number of hydrogen-bond acceptors (Lipinski definition) is 4. The first-order valence-corrected chi connectivity index (χ1v) is 5.69. The molecule has 0 amide bonds. The first-order chi connectivity index (χ1) is 8.96. The van der Waals surface area contributed by atoms with Crippen molar-refractivity contribution >= 4 is 11.7 Å². The number of halogens is 1. The zero-order chi connectivity index (χ0) is 14.0. The van der Waals surface area contributed by atoms with Gasteiger partial charge in [-0.25, -0.2) is 0 Å². The van der Waals surface area contributed by atoms with E-state index in [9.17, 15) is 24.4 Å². The van der Waals surface area contributed by atoms with Crippen molar-refractivity contribution in [3.8, 4) is 0 Å². The Morgan fingerprint density at radius 1 is 1.58 bits per heavy atom. The summed E-state index contributed by atoms with van der Waals surface area (Å²) >= 11 is 0. The molecular weight excluding hydrogens is 257 g/mol. The van der Waals surface area contributed by atoms with Crippen LogP contribution in [0.15, 0.2) is 18.2 Å². The number of carbonyl (C=O) groups is 1. The monoisotopic (exact) mass is 269 g/mol. The maximum absolute atomic E-state index is 13.9. The number of nitrogens with zero attached hydrogens (tertiary/aromatic N) is 1. The summed E-state index contributed by atoms with van der Waals surface area (Å²) in [5, 5.41) is 19.9. The Hall–Kier alpha value is -2.02. The zero-order valence-corrected chi connectivity index (χ0v) is 9.97. The highest BCUT2D eigenvalue weighted by atomic mass is 19.1. The fraction of sp³-hybridized carbons (Fsp3) is 0.417.